The van der Waals surface area contributed by atoms with Gasteiger partial charge in [0, 0.05) is 45.8 Å². The third-order valence-electron chi connectivity index (χ3n) is 14.9. The fourth-order valence-corrected chi connectivity index (χ4v) is 12.6. The van der Waals surface area contributed by atoms with Crippen LogP contribution in [0.25, 0.3) is 0 Å². The van der Waals surface area contributed by atoms with Crippen LogP contribution < -0.4 is 0 Å². The smallest absolute Gasteiger partial charge is 0.303 e. The molecule has 55 heavy (non-hydrogen) atoms. The van der Waals surface area contributed by atoms with Gasteiger partial charge < -0.3 is 28.8 Å². The number of esters is 3. The van der Waals surface area contributed by atoms with Crippen molar-refractivity contribution in [3.8, 4) is 0 Å². The third kappa shape index (κ3) is 6.58. The van der Waals surface area contributed by atoms with Gasteiger partial charge in [0.1, 0.15) is 0 Å². The van der Waals surface area contributed by atoms with Gasteiger partial charge in [-0.15, -0.1) is 5.10 Å². The van der Waals surface area contributed by atoms with Gasteiger partial charge >= 0.3 is 17.9 Å². The van der Waals surface area contributed by atoms with Crippen LogP contribution in [0.4, 0.5) is 0 Å². The molecule has 1 N–H and O–H groups in total. The first kappa shape index (κ1) is 38.7. The maximum absolute atomic E-state index is 12.3. The first-order chi connectivity index (χ1) is 26.1. The van der Waals surface area contributed by atoms with Crippen LogP contribution in [0, 0.1) is 35.0 Å². The van der Waals surface area contributed by atoms with Crippen molar-refractivity contribution in [1.82, 2.24) is 19.9 Å². The van der Waals surface area contributed by atoms with Gasteiger partial charge in [0.15, 0.2) is 24.5 Å². The number of aromatic nitrogens is 3. The molecule has 1 aromatic rings. The van der Waals surface area contributed by atoms with Gasteiger partial charge in [-0.05, 0) is 99.9 Å². The Morgan fingerprint density at radius 1 is 0.982 bits per heavy atom. The van der Waals surface area contributed by atoms with Crippen LogP contribution in [0.1, 0.15) is 119 Å². The Kier molecular flexibility index (Phi) is 10.1. The third-order valence-corrected chi connectivity index (χ3v) is 14.9. The number of carbonyl (C=O) groups is 3. The standard InChI is InChI=1S/C42H60N4O9/c1-21-15-35-36(23(3)42(55-35)14-12-31-32-10-9-28-16-30(50)11-13-41(28,8)34(32)17-33(31)22(42)2)45(18-21)19-29-20-46(44-43-29)40-39(54-27(7)49)38(53-26(6)48)37(24(4)51-40)52-25(5)47/h9,20-21,23-24,30-32,34-40,50H,10-19H2,1-8H3/t21-,23+,24?,30-,31-,32-,34-,35+,36-,37-,38?,39?,40?,41-,42-/m0/s1. The van der Waals surface area contributed by atoms with Crippen LogP contribution in [0.15, 0.2) is 29.0 Å². The van der Waals surface area contributed by atoms with Crippen molar-refractivity contribution in [3.63, 3.8) is 0 Å². The molecule has 8 rings (SSSR count). The van der Waals surface area contributed by atoms with Gasteiger partial charge in [-0.2, -0.15) is 0 Å². The van der Waals surface area contributed by atoms with E-state index in [0.717, 1.165) is 57.2 Å². The van der Waals surface area contributed by atoms with E-state index in [1.165, 1.54) is 43.0 Å². The summed E-state index contributed by atoms with van der Waals surface area (Å²) in [4.78, 5) is 39.1. The fourth-order valence-electron chi connectivity index (χ4n) is 12.6. The summed E-state index contributed by atoms with van der Waals surface area (Å²) in [7, 11) is 0. The molecule has 4 aliphatic carbocycles. The lowest BCUT2D eigenvalue weighted by Crippen LogP contribution is -2.58. The van der Waals surface area contributed by atoms with Gasteiger partial charge in [-0.25, -0.2) is 4.68 Å². The lowest BCUT2D eigenvalue weighted by molar-refractivity contribution is -0.261. The highest BCUT2D eigenvalue weighted by Crippen LogP contribution is 2.65. The zero-order valence-corrected chi connectivity index (χ0v) is 33.7. The fraction of sp³-hybridized carbons (Fsp3) is 0.786. The van der Waals surface area contributed by atoms with Crippen molar-refractivity contribution in [3.05, 3.63) is 34.7 Å². The highest BCUT2D eigenvalue weighted by Gasteiger charge is 2.62. The number of carbonyl (C=O) groups excluding carboxylic acids is 3. The van der Waals surface area contributed by atoms with E-state index in [1.54, 1.807) is 18.7 Å². The Bertz CT molecular complexity index is 1760. The lowest BCUT2D eigenvalue weighted by atomic mass is 9.56. The normalized spacial score (nSPS) is 43.9. The van der Waals surface area contributed by atoms with Crippen LogP contribution in [-0.2, 0) is 44.6 Å². The predicted octanol–water partition coefficient (Wildman–Crippen LogP) is 5.22. The van der Waals surface area contributed by atoms with Crippen LogP contribution in [0.3, 0.4) is 0 Å². The van der Waals surface area contributed by atoms with E-state index >= 15 is 0 Å². The first-order valence-corrected chi connectivity index (χ1v) is 20.7. The zero-order valence-electron chi connectivity index (χ0n) is 33.7. The summed E-state index contributed by atoms with van der Waals surface area (Å²) in [6.45, 7) is 16.5. The van der Waals surface area contributed by atoms with Crippen molar-refractivity contribution in [1.29, 1.82) is 0 Å². The zero-order chi connectivity index (χ0) is 39.1. The van der Waals surface area contributed by atoms with Crippen molar-refractivity contribution in [2.24, 2.45) is 35.0 Å². The molecule has 3 aliphatic heterocycles. The maximum atomic E-state index is 12.3. The second-order valence-corrected chi connectivity index (χ2v) is 18.3. The van der Waals surface area contributed by atoms with Gasteiger partial charge in [-0.1, -0.05) is 43.2 Å². The molecule has 1 aromatic heterocycles. The molecule has 3 saturated heterocycles. The number of likely N-dealkylation sites (tertiary alicyclic amines) is 1. The summed E-state index contributed by atoms with van der Waals surface area (Å²) in [5.41, 5.74) is 5.26. The van der Waals surface area contributed by atoms with Gasteiger partial charge in [0.05, 0.1) is 35.8 Å². The number of fused-ring (bicyclic) bond motifs is 6. The number of aliphatic hydroxyl groups is 1. The summed E-state index contributed by atoms with van der Waals surface area (Å²) in [6, 6.07) is 0.209. The Hall–Kier alpha value is -3.13. The molecular formula is C42H60N4O9. The van der Waals surface area contributed by atoms with Gasteiger partial charge in [0.2, 0.25) is 0 Å². The van der Waals surface area contributed by atoms with Crippen molar-refractivity contribution in [2.45, 2.75) is 168 Å². The number of ether oxygens (including phenoxy) is 5. The molecule has 4 heterocycles. The molecule has 0 bridgehead atoms. The Labute approximate surface area is 324 Å². The topological polar surface area (TPSA) is 152 Å². The molecule has 302 valence electrons. The average molecular weight is 765 g/mol. The number of hydrogen-bond acceptors (Lipinski definition) is 12. The van der Waals surface area contributed by atoms with E-state index in [4.69, 9.17) is 23.7 Å². The molecule has 13 heteroatoms. The van der Waals surface area contributed by atoms with Crippen LogP contribution in [-0.4, -0.2) is 97.7 Å². The molecule has 0 radical (unpaired) electrons. The van der Waals surface area contributed by atoms with E-state index in [9.17, 15) is 19.5 Å². The van der Waals surface area contributed by atoms with Crippen LogP contribution >= 0.6 is 0 Å². The number of rotatable bonds is 6. The molecule has 0 amide bonds. The van der Waals surface area contributed by atoms with Gasteiger partial charge in [0.25, 0.3) is 0 Å². The second-order valence-electron chi connectivity index (χ2n) is 18.3. The van der Waals surface area contributed by atoms with Crippen LogP contribution in [0.5, 0.6) is 0 Å². The monoisotopic (exact) mass is 764 g/mol. The molecular weight excluding hydrogens is 704 g/mol. The van der Waals surface area contributed by atoms with E-state index in [-0.39, 0.29) is 35.2 Å². The second kappa shape index (κ2) is 14.4. The molecule has 0 aromatic carbocycles. The summed E-state index contributed by atoms with van der Waals surface area (Å²) in [6.07, 6.45) is 7.61. The molecule has 5 fully saturated rings. The Balaban J connectivity index is 1.03. The minimum absolute atomic E-state index is 0.105. The molecule has 1 spiro atoms. The van der Waals surface area contributed by atoms with E-state index in [0.29, 0.717) is 30.2 Å². The van der Waals surface area contributed by atoms with Crippen LogP contribution in [0.2, 0.25) is 0 Å². The minimum Gasteiger partial charge on any atom is -0.456 e. The molecule has 7 aliphatic rings. The Morgan fingerprint density at radius 2 is 1.69 bits per heavy atom. The number of allylic oxidation sites excluding steroid dienone is 2. The molecule has 2 saturated carbocycles. The quantitative estimate of drug-likeness (QED) is 0.230. The van der Waals surface area contributed by atoms with Gasteiger partial charge in [-0.3, -0.25) is 19.3 Å². The Morgan fingerprint density at radius 3 is 2.42 bits per heavy atom. The minimum atomic E-state index is -1.14. The molecule has 15 atom stereocenters. The molecule has 4 unspecified atom stereocenters. The maximum Gasteiger partial charge on any atom is 0.303 e. The predicted molar refractivity (Wildman–Crippen MR) is 199 cm³/mol. The van der Waals surface area contributed by atoms with E-state index < -0.39 is 48.6 Å². The van der Waals surface area contributed by atoms with Crippen molar-refractivity contribution < 1.29 is 43.2 Å². The summed E-state index contributed by atoms with van der Waals surface area (Å²) in [5, 5.41) is 19.5. The first-order valence-electron chi connectivity index (χ1n) is 20.7. The summed E-state index contributed by atoms with van der Waals surface area (Å²) < 4.78 is 32.0. The van der Waals surface area contributed by atoms with E-state index in [1.807, 2.05) is 0 Å². The summed E-state index contributed by atoms with van der Waals surface area (Å²) >= 11 is 0. The largest absolute Gasteiger partial charge is 0.456 e. The molecule has 13 nitrogen and oxygen atoms in total. The lowest BCUT2D eigenvalue weighted by Gasteiger charge is -2.49. The van der Waals surface area contributed by atoms with E-state index in [2.05, 4.69) is 49.0 Å². The average Bonchev–Trinajstić information content (AvgIpc) is 3.81. The van der Waals surface area contributed by atoms with Crippen molar-refractivity contribution in [2.75, 3.05) is 6.54 Å². The SMILES string of the molecule is CC(=O)OC1C(OC(C)=O)[C@@H](OC(C)=O)C(C)OC1n1cc(CN2C[C@@H](C)C[C@H]3O[C@]4(CC[C@@H]5C(=C4C)C[C@H]4[C@H]5CC=C5C[C@@H](O)CC[C@@]54C)[C@H](C)[C@@H]32)nn1. The summed E-state index contributed by atoms with van der Waals surface area (Å²) in [5.74, 6) is 0.853. The highest BCUT2D eigenvalue weighted by molar-refractivity contribution is 5.68. The van der Waals surface area contributed by atoms with Crippen molar-refractivity contribution >= 4 is 17.9 Å². The number of nitrogens with zero attached hydrogens (tertiary/aromatic N) is 4. The highest BCUT2D eigenvalue weighted by atomic mass is 16.7. The number of hydrogen-bond donors (Lipinski definition) is 1. The number of aliphatic hydroxyl groups excluding tert-OH is 1. The number of piperidine rings is 1.